The summed E-state index contributed by atoms with van der Waals surface area (Å²) in [4.78, 5) is 35.7. The molecule has 7 nitrogen and oxygen atoms in total. The van der Waals surface area contributed by atoms with Crippen LogP contribution in [0.3, 0.4) is 0 Å². The lowest BCUT2D eigenvalue weighted by Crippen LogP contribution is -2.50. The minimum absolute atomic E-state index is 0.0190. The predicted molar refractivity (Wildman–Crippen MR) is 103 cm³/mol. The van der Waals surface area contributed by atoms with Gasteiger partial charge in [-0.05, 0) is 26.0 Å². The predicted octanol–water partition coefficient (Wildman–Crippen LogP) is 1.15. The van der Waals surface area contributed by atoms with Crippen LogP contribution in [0.4, 0.5) is 0 Å². The minimum atomic E-state index is -0.218. The van der Waals surface area contributed by atoms with Crippen LogP contribution in [0.1, 0.15) is 17.1 Å². The largest absolute Gasteiger partial charge is 0.492 e. The van der Waals surface area contributed by atoms with Crippen molar-refractivity contribution in [1.82, 2.24) is 19.8 Å². The van der Waals surface area contributed by atoms with Crippen LogP contribution in [0.15, 0.2) is 35.1 Å². The molecule has 1 aromatic carbocycles. The third-order valence-corrected chi connectivity index (χ3v) is 4.81. The van der Waals surface area contributed by atoms with Crippen LogP contribution in [0.25, 0.3) is 0 Å². The number of hydrogen-bond donors (Lipinski definition) is 1. The molecule has 0 atom stereocenters. The molecule has 1 aliphatic rings. The van der Waals surface area contributed by atoms with Gasteiger partial charge in [-0.1, -0.05) is 18.2 Å². The summed E-state index contributed by atoms with van der Waals surface area (Å²) in [5.74, 6) is 1.42. The van der Waals surface area contributed by atoms with E-state index < -0.39 is 0 Å². The number of rotatable bonds is 6. The zero-order chi connectivity index (χ0) is 19.2. The molecule has 7 heteroatoms. The monoisotopic (exact) mass is 370 g/mol. The molecule has 1 fully saturated rings. The summed E-state index contributed by atoms with van der Waals surface area (Å²) >= 11 is 0. The third-order valence-electron chi connectivity index (χ3n) is 4.81. The molecule has 1 saturated heterocycles. The van der Waals surface area contributed by atoms with Crippen molar-refractivity contribution >= 4 is 5.91 Å². The molecule has 0 aliphatic carbocycles. The molecule has 3 rings (SSSR count). The summed E-state index contributed by atoms with van der Waals surface area (Å²) in [6.45, 7) is 7.92. The first-order chi connectivity index (χ1) is 13.0. The number of carbonyl (C=O) groups is 1. The van der Waals surface area contributed by atoms with E-state index in [9.17, 15) is 9.59 Å². The molecule has 0 saturated carbocycles. The van der Waals surface area contributed by atoms with Crippen molar-refractivity contribution < 1.29 is 9.53 Å². The number of benzene rings is 1. The number of amides is 1. The van der Waals surface area contributed by atoms with Crippen LogP contribution < -0.4 is 10.3 Å². The highest BCUT2D eigenvalue weighted by molar-refractivity contribution is 5.79. The molecule has 144 valence electrons. The van der Waals surface area contributed by atoms with Gasteiger partial charge in [0, 0.05) is 44.0 Å². The SMILES string of the molecule is Cc1nc(C)c(CC(=O)N2CCN(CCOc3ccccc3)CC2)c(=O)[nH]1. The van der Waals surface area contributed by atoms with Crippen molar-refractivity contribution in [2.45, 2.75) is 20.3 Å². The molecule has 1 aliphatic heterocycles. The number of nitrogens with zero attached hydrogens (tertiary/aromatic N) is 3. The molecule has 2 heterocycles. The second-order valence-corrected chi connectivity index (χ2v) is 6.78. The Labute approximate surface area is 159 Å². The number of aromatic amines is 1. The van der Waals surface area contributed by atoms with Gasteiger partial charge in [0.15, 0.2) is 0 Å². The fourth-order valence-electron chi connectivity index (χ4n) is 3.25. The Balaban J connectivity index is 1.45. The van der Waals surface area contributed by atoms with Crippen LogP contribution in [-0.2, 0) is 11.2 Å². The van der Waals surface area contributed by atoms with Gasteiger partial charge >= 0.3 is 0 Å². The number of para-hydroxylation sites is 1. The van der Waals surface area contributed by atoms with Crippen molar-refractivity contribution in [3.05, 3.63) is 57.8 Å². The Bertz CT molecular complexity index is 827. The topological polar surface area (TPSA) is 78.5 Å². The van der Waals surface area contributed by atoms with E-state index in [2.05, 4.69) is 14.9 Å². The molecule has 0 radical (unpaired) electrons. The molecular weight excluding hydrogens is 344 g/mol. The Kier molecular flexibility index (Phi) is 6.24. The van der Waals surface area contributed by atoms with Crippen molar-refractivity contribution in [3.8, 4) is 5.75 Å². The molecule has 0 unspecified atom stereocenters. The maximum absolute atomic E-state index is 12.6. The average Bonchev–Trinajstić information content (AvgIpc) is 2.66. The van der Waals surface area contributed by atoms with E-state index in [0.717, 1.165) is 25.4 Å². The minimum Gasteiger partial charge on any atom is -0.492 e. The Morgan fingerprint density at radius 3 is 2.52 bits per heavy atom. The Hall–Kier alpha value is -2.67. The summed E-state index contributed by atoms with van der Waals surface area (Å²) in [7, 11) is 0. The molecule has 1 N–H and O–H groups in total. The van der Waals surface area contributed by atoms with E-state index in [1.807, 2.05) is 35.2 Å². The fourth-order valence-corrected chi connectivity index (χ4v) is 3.25. The smallest absolute Gasteiger partial charge is 0.254 e. The van der Waals surface area contributed by atoms with Gasteiger partial charge in [-0.15, -0.1) is 0 Å². The van der Waals surface area contributed by atoms with Crippen LogP contribution in [0.2, 0.25) is 0 Å². The van der Waals surface area contributed by atoms with E-state index in [4.69, 9.17) is 4.74 Å². The highest BCUT2D eigenvalue weighted by Crippen LogP contribution is 2.09. The van der Waals surface area contributed by atoms with Crippen LogP contribution in [-0.4, -0.2) is 65.0 Å². The van der Waals surface area contributed by atoms with Crippen molar-refractivity contribution in [3.63, 3.8) is 0 Å². The van der Waals surface area contributed by atoms with E-state index in [-0.39, 0.29) is 17.9 Å². The zero-order valence-electron chi connectivity index (χ0n) is 15.9. The fraction of sp³-hybridized carbons (Fsp3) is 0.450. The molecular formula is C20H26N4O3. The number of aromatic nitrogens is 2. The van der Waals surface area contributed by atoms with Crippen molar-refractivity contribution in [2.24, 2.45) is 0 Å². The summed E-state index contributed by atoms with van der Waals surface area (Å²) in [6, 6.07) is 9.76. The van der Waals surface area contributed by atoms with E-state index in [1.54, 1.807) is 13.8 Å². The van der Waals surface area contributed by atoms with Crippen LogP contribution in [0, 0.1) is 13.8 Å². The molecule has 0 spiro atoms. The number of ether oxygens (including phenoxy) is 1. The lowest BCUT2D eigenvalue weighted by atomic mass is 10.1. The summed E-state index contributed by atoms with van der Waals surface area (Å²) in [6.07, 6.45) is 0.103. The Morgan fingerprint density at radius 1 is 1.15 bits per heavy atom. The number of nitrogens with one attached hydrogen (secondary N) is 1. The lowest BCUT2D eigenvalue weighted by molar-refractivity contribution is -0.132. The zero-order valence-corrected chi connectivity index (χ0v) is 15.9. The summed E-state index contributed by atoms with van der Waals surface area (Å²) in [5, 5.41) is 0. The van der Waals surface area contributed by atoms with E-state index >= 15 is 0 Å². The van der Waals surface area contributed by atoms with Crippen molar-refractivity contribution in [1.29, 1.82) is 0 Å². The first-order valence-electron chi connectivity index (χ1n) is 9.27. The van der Waals surface area contributed by atoms with Crippen LogP contribution in [0.5, 0.6) is 5.75 Å². The normalized spacial score (nSPS) is 15.0. The van der Waals surface area contributed by atoms with Gasteiger partial charge in [0.2, 0.25) is 5.91 Å². The van der Waals surface area contributed by atoms with E-state index in [1.165, 1.54) is 0 Å². The summed E-state index contributed by atoms with van der Waals surface area (Å²) < 4.78 is 5.73. The van der Waals surface area contributed by atoms with Gasteiger partial charge in [0.25, 0.3) is 5.56 Å². The molecule has 0 bridgehead atoms. The van der Waals surface area contributed by atoms with Crippen molar-refractivity contribution in [2.75, 3.05) is 39.3 Å². The Morgan fingerprint density at radius 2 is 1.85 bits per heavy atom. The summed E-state index contributed by atoms with van der Waals surface area (Å²) in [5.41, 5.74) is 0.871. The number of carbonyl (C=O) groups excluding carboxylic acids is 1. The number of H-pyrrole nitrogens is 1. The van der Waals surface area contributed by atoms with E-state index in [0.29, 0.717) is 36.8 Å². The molecule has 27 heavy (non-hydrogen) atoms. The first-order valence-corrected chi connectivity index (χ1v) is 9.27. The van der Waals surface area contributed by atoms with Gasteiger partial charge in [0.05, 0.1) is 6.42 Å². The molecule has 1 aromatic heterocycles. The number of hydrogen-bond acceptors (Lipinski definition) is 5. The standard InChI is InChI=1S/C20H26N4O3/c1-15-18(20(26)22-16(2)21-15)14-19(25)24-10-8-23(9-11-24)12-13-27-17-6-4-3-5-7-17/h3-7H,8-14H2,1-2H3,(H,21,22,26). The maximum Gasteiger partial charge on any atom is 0.254 e. The average molecular weight is 370 g/mol. The van der Waals surface area contributed by atoms with Gasteiger partial charge in [-0.25, -0.2) is 4.98 Å². The highest BCUT2D eigenvalue weighted by atomic mass is 16.5. The van der Waals surface area contributed by atoms with Gasteiger partial charge in [-0.2, -0.15) is 0 Å². The number of piperazine rings is 1. The van der Waals surface area contributed by atoms with Crippen LogP contribution >= 0.6 is 0 Å². The first kappa shape index (κ1) is 19.1. The molecule has 1 amide bonds. The second-order valence-electron chi connectivity index (χ2n) is 6.78. The lowest BCUT2D eigenvalue weighted by Gasteiger charge is -2.34. The maximum atomic E-state index is 12.6. The van der Waals surface area contributed by atoms with Gasteiger partial charge in [0.1, 0.15) is 18.2 Å². The number of aryl methyl sites for hydroxylation is 2. The second kappa shape index (κ2) is 8.81. The third kappa shape index (κ3) is 5.17. The quantitative estimate of drug-likeness (QED) is 0.825. The molecule has 2 aromatic rings. The highest BCUT2D eigenvalue weighted by Gasteiger charge is 2.22. The van der Waals surface area contributed by atoms with Gasteiger partial charge < -0.3 is 14.6 Å². The van der Waals surface area contributed by atoms with Gasteiger partial charge in [-0.3, -0.25) is 14.5 Å².